The van der Waals surface area contributed by atoms with Gasteiger partial charge in [0.25, 0.3) is 5.56 Å². The van der Waals surface area contributed by atoms with Crippen molar-refractivity contribution in [2.75, 3.05) is 0 Å². The number of fused-ring (bicyclic) bond motifs is 1. The van der Waals surface area contributed by atoms with E-state index < -0.39 is 12.1 Å². The molecule has 1 heterocycles. The number of nitrogens with zero attached hydrogens (tertiary/aromatic N) is 2. The maximum absolute atomic E-state index is 12.6. The lowest BCUT2D eigenvalue weighted by atomic mass is 10.1. The number of ether oxygens (including phenoxy) is 1. The molecule has 1 atom stereocenters. The van der Waals surface area contributed by atoms with Crippen LogP contribution in [0.25, 0.3) is 10.8 Å². The molecule has 1 unspecified atom stereocenters. The third-order valence-electron chi connectivity index (χ3n) is 4.14. The molecule has 0 aliphatic rings. The Balaban J connectivity index is 1.89. The van der Waals surface area contributed by atoms with Gasteiger partial charge in [0.1, 0.15) is 0 Å². The molecule has 0 bridgehead atoms. The summed E-state index contributed by atoms with van der Waals surface area (Å²) in [5, 5.41) is 4.78. The summed E-state index contributed by atoms with van der Waals surface area (Å²) >= 11 is 0. The van der Waals surface area contributed by atoms with Crippen LogP contribution in [-0.2, 0) is 11.8 Å². The van der Waals surface area contributed by atoms with E-state index in [0.717, 1.165) is 10.2 Å². The highest BCUT2D eigenvalue weighted by Crippen LogP contribution is 2.16. The van der Waals surface area contributed by atoms with Gasteiger partial charge in [0, 0.05) is 18.0 Å². The molecule has 6 heteroatoms. The highest BCUT2D eigenvalue weighted by Gasteiger charge is 2.23. The standard InChI is InChI=1S/C20H18N2O4/c1-12-8-10-14(11-9-12)18(23)13(2)26-20(25)17-15-6-4-5-7-16(15)19(24)22(3)21-17/h4-11,13H,1-3H3. The normalized spacial score (nSPS) is 12.0. The summed E-state index contributed by atoms with van der Waals surface area (Å²) in [6, 6.07) is 13.7. The van der Waals surface area contributed by atoms with E-state index in [1.807, 2.05) is 19.1 Å². The Kier molecular flexibility index (Phi) is 4.67. The summed E-state index contributed by atoms with van der Waals surface area (Å²) in [5.41, 5.74) is 1.20. The zero-order valence-electron chi connectivity index (χ0n) is 14.7. The van der Waals surface area contributed by atoms with Gasteiger partial charge in [-0.2, -0.15) is 5.10 Å². The third kappa shape index (κ3) is 3.26. The Morgan fingerprint density at radius 1 is 1.04 bits per heavy atom. The van der Waals surface area contributed by atoms with E-state index in [2.05, 4.69) is 5.10 Å². The second-order valence-corrected chi connectivity index (χ2v) is 6.10. The number of aromatic nitrogens is 2. The highest BCUT2D eigenvalue weighted by molar-refractivity contribution is 6.05. The van der Waals surface area contributed by atoms with Crippen LogP contribution in [0.4, 0.5) is 0 Å². The van der Waals surface area contributed by atoms with Crippen LogP contribution in [0.5, 0.6) is 0 Å². The van der Waals surface area contributed by atoms with Crippen molar-refractivity contribution >= 4 is 22.5 Å². The maximum Gasteiger partial charge on any atom is 0.360 e. The van der Waals surface area contributed by atoms with Crippen LogP contribution in [0.2, 0.25) is 0 Å². The average Bonchev–Trinajstić information content (AvgIpc) is 2.64. The first-order chi connectivity index (χ1) is 12.4. The molecule has 0 amide bonds. The van der Waals surface area contributed by atoms with Crippen molar-refractivity contribution in [1.82, 2.24) is 9.78 Å². The summed E-state index contributed by atoms with van der Waals surface area (Å²) in [5.74, 6) is -1.04. The molecule has 3 aromatic rings. The van der Waals surface area contributed by atoms with Gasteiger partial charge in [-0.1, -0.05) is 48.0 Å². The fourth-order valence-corrected chi connectivity index (χ4v) is 2.67. The molecule has 0 aliphatic heterocycles. The van der Waals surface area contributed by atoms with E-state index >= 15 is 0 Å². The molecule has 0 fully saturated rings. The average molecular weight is 350 g/mol. The number of aryl methyl sites for hydroxylation is 2. The van der Waals surface area contributed by atoms with Crippen molar-refractivity contribution < 1.29 is 14.3 Å². The molecule has 6 nitrogen and oxygen atoms in total. The predicted molar refractivity (Wildman–Crippen MR) is 97.4 cm³/mol. The first kappa shape index (κ1) is 17.5. The lowest BCUT2D eigenvalue weighted by molar-refractivity contribution is 0.0313. The van der Waals surface area contributed by atoms with Crippen molar-refractivity contribution in [3.8, 4) is 0 Å². The molecule has 0 aliphatic carbocycles. The van der Waals surface area contributed by atoms with Crippen LogP contribution in [-0.4, -0.2) is 27.6 Å². The van der Waals surface area contributed by atoms with Gasteiger partial charge in [0.2, 0.25) is 5.78 Å². The highest BCUT2D eigenvalue weighted by atomic mass is 16.5. The number of benzene rings is 2. The Bertz CT molecular complexity index is 1050. The fraction of sp³-hybridized carbons (Fsp3) is 0.200. The molecule has 2 aromatic carbocycles. The maximum atomic E-state index is 12.6. The lowest BCUT2D eigenvalue weighted by Gasteiger charge is -2.13. The minimum absolute atomic E-state index is 0.00579. The Hall–Kier alpha value is -3.28. The van der Waals surface area contributed by atoms with Gasteiger partial charge in [-0.3, -0.25) is 9.59 Å². The van der Waals surface area contributed by atoms with Crippen molar-refractivity contribution in [2.45, 2.75) is 20.0 Å². The molecule has 132 valence electrons. The van der Waals surface area contributed by atoms with E-state index in [9.17, 15) is 14.4 Å². The van der Waals surface area contributed by atoms with Gasteiger partial charge in [-0.25, -0.2) is 9.48 Å². The van der Waals surface area contributed by atoms with E-state index in [-0.39, 0.29) is 17.0 Å². The van der Waals surface area contributed by atoms with Crippen molar-refractivity contribution in [2.24, 2.45) is 7.05 Å². The van der Waals surface area contributed by atoms with Gasteiger partial charge in [0.05, 0.1) is 5.39 Å². The first-order valence-electron chi connectivity index (χ1n) is 8.16. The van der Waals surface area contributed by atoms with Crippen LogP contribution in [0.15, 0.2) is 53.3 Å². The largest absolute Gasteiger partial charge is 0.449 e. The number of esters is 1. The van der Waals surface area contributed by atoms with Crippen LogP contribution >= 0.6 is 0 Å². The quantitative estimate of drug-likeness (QED) is 0.534. The van der Waals surface area contributed by atoms with Crippen molar-refractivity contribution in [3.05, 3.63) is 75.7 Å². The summed E-state index contributed by atoms with van der Waals surface area (Å²) in [6.45, 7) is 3.44. The molecular formula is C20H18N2O4. The molecule has 0 radical (unpaired) electrons. The first-order valence-corrected chi connectivity index (χ1v) is 8.16. The molecule has 0 spiro atoms. The van der Waals surface area contributed by atoms with Gasteiger partial charge in [-0.15, -0.1) is 0 Å². The minimum Gasteiger partial charge on any atom is -0.449 e. The number of ketones is 1. The monoisotopic (exact) mass is 350 g/mol. The van der Waals surface area contributed by atoms with Gasteiger partial charge >= 0.3 is 5.97 Å². The van der Waals surface area contributed by atoms with Gasteiger partial charge in [-0.05, 0) is 19.9 Å². The van der Waals surface area contributed by atoms with Gasteiger partial charge in [0.15, 0.2) is 11.8 Å². The van der Waals surface area contributed by atoms with Crippen LogP contribution in [0, 0.1) is 6.92 Å². The predicted octanol–water partition coefficient (Wildman–Crippen LogP) is 2.67. The summed E-state index contributed by atoms with van der Waals surface area (Å²) in [4.78, 5) is 37.2. The van der Waals surface area contributed by atoms with Crippen LogP contribution < -0.4 is 5.56 Å². The minimum atomic E-state index is -0.969. The lowest BCUT2D eigenvalue weighted by Crippen LogP contribution is -2.28. The Morgan fingerprint density at radius 3 is 2.31 bits per heavy atom. The summed E-state index contributed by atoms with van der Waals surface area (Å²) in [7, 11) is 1.46. The smallest absolute Gasteiger partial charge is 0.360 e. The van der Waals surface area contributed by atoms with Crippen molar-refractivity contribution in [3.63, 3.8) is 0 Å². The van der Waals surface area contributed by atoms with Crippen LogP contribution in [0.1, 0.15) is 33.3 Å². The SMILES string of the molecule is Cc1ccc(C(=O)C(C)OC(=O)c2nn(C)c(=O)c3ccccc23)cc1. The Labute approximate surface area is 150 Å². The molecule has 26 heavy (non-hydrogen) atoms. The van der Waals surface area contributed by atoms with Crippen molar-refractivity contribution in [1.29, 1.82) is 0 Å². The molecule has 3 rings (SSSR count). The molecular weight excluding hydrogens is 332 g/mol. The number of Topliss-reactive ketones (excluding diaryl/α,β-unsaturated/α-hetero) is 1. The van der Waals surface area contributed by atoms with E-state index in [1.165, 1.54) is 14.0 Å². The Morgan fingerprint density at radius 2 is 1.65 bits per heavy atom. The number of hydrogen-bond donors (Lipinski definition) is 0. The number of carbonyl (C=O) groups is 2. The molecule has 0 saturated heterocycles. The molecule has 0 saturated carbocycles. The molecule has 1 aromatic heterocycles. The summed E-state index contributed by atoms with van der Waals surface area (Å²) < 4.78 is 6.41. The zero-order valence-corrected chi connectivity index (χ0v) is 14.7. The van der Waals surface area contributed by atoms with Gasteiger partial charge < -0.3 is 4.74 Å². The van der Waals surface area contributed by atoms with Crippen LogP contribution in [0.3, 0.4) is 0 Å². The number of carbonyl (C=O) groups excluding carboxylic acids is 2. The fourth-order valence-electron chi connectivity index (χ4n) is 2.67. The molecule has 0 N–H and O–H groups in total. The van der Waals surface area contributed by atoms with E-state index in [0.29, 0.717) is 16.3 Å². The second-order valence-electron chi connectivity index (χ2n) is 6.10. The number of hydrogen-bond acceptors (Lipinski definition) is 5. The topological polar surface area (TPSA) is 78.3 Å². The third-order valence-corrected chi connectivity index (χ3v) is 4.14. The number of rotatable bonds is 4. The second kappa shape index (κ2) is 6.92. The zero-order chi connectivity index (χ0) is 18.8. The van der Waals surface area contributed by atoms with E-state index in [4.69, 9.17) is 4.74 Å². The van der Waals surface area contributed by atoms with E-state index in [1.54, 1.807) is 36.4 Å². The summed E-state index contributed by atoms with van der Waals surface area (Å²) in [6.07, 6.45) is -0.969.